The van der Waals surface area contributed by atoms with Crippen LogP contribution in [0.2, 0.25) is 0 Å². The first-order valence-corrected chi connectivity index (χ1v) is 9.48. The predicted molar refractivity (Wildman–Crippen MR) is 87.3 cm³/mol. The Morgan fingerprint density at radius 3 is 1.61 bits per heavy atom. The first-order chi connectivity index (χ1) is 14.6. The van der Waals surface area contributed by atoms with Gasteiger partial charge in [-0.1, -0.05) is 24.3 Å². The molecule has 0 fully saturated rings. The molecule has 0 spiro atoms. The fraction of sp³-hybridized carbons (Fsp3) is 0.294. The topological polar surface area (TPSA) is 43.4 Å². The van der Waals surface area contributed by atoms with Crippen LogP contribution in [-0.2, 0) is 16.3 Å². The number of hydrogen-bond acceptors (Lipinski definition) is 3. The van der Waals surface area contributed by atoms with Gasteiger partial charge in [0.1, 0.15) is 5.75 Å². The maximum absolute atomic E-state index is 13.7. The zero-order chi connectivity index (χ0) is 25.7. The molecule has 0 saturated heterocycles. The second kappa shape index (κ2) is 7.99. The highest BCUT2D eigenvalue weighted by Gasteiger charge is 2.86. The van der Waals surface area contributed by atoms with Crippen LogP contribution in [0.3, 0.4) is 0 Å². The van der Waals surface area contributed by atoms with Crippen molar-refractivity contribution in [3.8, 4) is 16.9 Å². The maximum Gasteiger partial charge on any atom is 0.460 e. The van der Waals surface area contributed by atoms with Crippen LogP contribution >= 0.6 is 0 Å². The third-order valence-electron chi connectivity index (χ3n) is 3.99. The Balaban J connectivity index is 2.46. The van der Waals surface area contributed by atoms with Crippen LogP contribution < -0.4 is 4.18 Å². The van der Waals surface area contributed by atoms with Crippen molar-refractivity contribution in [3.05, 3.63) is 54.1 Å². The van der Waals surface area contributed by atoms with Crippen molar-refractivity contribution >= 4 is 10.1 Å². The Hall–Kier alpha value is -2.65. The van der Waals surface area contributed by atoms with E-state index in [1.165, 1.54) is 0 Å². The Labute approximate surface area is 176 Å². The average Bonchev–Trinajstić information content (AvgIpc) is 2.66. The van der Waals surface area contributed by atoms with Gasteiger partial charge in [-0.15, -0.1) is 0 Å². The smallest absolute Gasteiger partial charge is 0.378 e. The summed E-state index contributed by atoms with van der Waals surface area (Å²) in [5, 5.41) is -7.08. The summed E-state index contributed by atoms with van der Waals surface area (Å²) in [6.07, 6.45) is -12.1. The molecule has 0 atom stereocenters. The minimum atomic E-state index is -7.49. The van der Waals surface area contributed by atoms with E-state index in [9.17, 15) is 61.1 Å². The molecule has 2 aromatic rings. The molecule has 2 aromatic carbocycles. The summed E-state index contributed by atoms with van der Waals surface area (Å²) in [5.41, 5.74) is -1.79. The number of rotatable bonds is 6. The van der Waals surface area contributed by atoms with E-state index in [-0.39, 0.29) is 11.1 Å². The van der Waals surface area contributed by atoms with Gasteiger partial charge in [0.15, 0.2) is 0 Å². The summed E-state index contributed by atoms with van der Waals surface area (Å²) in [6, 6.07) is 5.94. The number of halogens is 12. The van der Waals surface area contributed by atoms with Crippen LogP contribution in [0.5, 0.6) is 5.75 Å². The predicted octanol–water partition coefficient (Wildman–Crippen LogP) is 6.51. The van der Waals surface area contributed by atoms with E-state index in [0.717, 1.165) is 24.3 Å². The lowest BCUT2D eigenvalue weighted by atomic mass is 10.0. The molecule has 0 bridgehead atoms. The van der Waals surface area contributed by atoms with E-state index in [2.05, 4.69) is 4.18 Å². The molecule has 0 aliphatic carbocycles. The summed E-state index contributed by atoms with van der Waals surface area (Å²) in [7, 11) is -7.19. The lowest BCUT2D eigenvalue weighted by Crippen LogP contribution is -2.63. The standard InChI is InChI=1S/C17H8F12O3S/c18-13(19,20)11-5-1-3-9(7-11)10-4-2-6-12(8-10)32-33(30,31)17(28,29)15(23,24)14(21,22)16(25,26)27/h1-8H. The van der Waals surface area contributed by atoms with Crippen LogP contribution in [0.15, 0.2) is 48.5 Å². The van der Waals surface area contributed by atoms with Gasteiger partial charge >= 0.3 is 39.6 Å². The minimum absolute atomic E-state index is 0.284. The molecule has 2 rings (SSSR count). The van der Waals surface area contributed by atoms with E-state index in [1.807, 2.05) is 0 Å². The SMILES string of the molecule is O=S(=O)(Oc1cccc(-c2cccc(C(F)(F)F)c2)c1)C(F)(F)C(F)(F)C(F)(F)C(F)(F)F. The molecule has 33 heavy (non-hydrogen) atoms. The van der Waals surface area contributed by atoms with Gasteiger partial charge in [0.05, 0.1) is 5.56 Å². The van der Waals surface area contributed by atoms with Crippen molar-refractivity contribution in [2.24, 2.45) is 0 Å². The Bertz CT molecular complexity index is 1120. The van der Waals surface area contributed by atoms with Crippen molar-refractivity contribution in [3.63, 3.8) is 0 Å². The first kappa shape index (κ1) is 26.6. The molecule has 184 valence electrons. The van der Waals surface area contributed by atoms with Crippen molar-refractivity contribution in [1.82, 2.24) is 0 Å². The highest BCUT2D eigenvalue weighted by atomic mass is 32.2. The Morgan fingerprint density at radius 1 is 0.636 bits per heavy atom. The third kappa shape index (κ3) is 4.70. The molecule has 0 unspecified atom stereocenters. The van der Waals surface area contributed by atoms with Crippen LogP contribution in [-0.4, -0.2) is 31.7 Å². The molecular formula is C17H8F12O3S. The maximum atomic E-state index is 13.7. The normalized spacial score (nSPS) is 14.3. The molecule has 3 nitrogen and oxygen atoms in total. The van der Waals surface area contributed by atoms with E-state index in [1.54, 1.807) is 0 Å². The Kier molecular flexibility index (Phi) is 6.44. The highest BCUT2D eigenvalue weighted by Crippen LogP contribution is 2.55. The van der Waals surface area contributed by atoms with Gasteiger partial charge in [0, 0.05) is 0 Å². The molecule has 0 N–H and O–H groups in total. The first-order valence-electron chi connectivity index (χ1n) is 8.07. The van der Waals surface area contributed by atoms with Crippen LogP contribution in [0, 0.1) is 0 Å². The summed E-state index contributed by atoms with van der Waals surface area (Å²) in [5.74, 6) is -16.2. The van der Waals surface area contributed by atoms with Gasteiger partial charge < -0.3 is 4.18 Å². The van der Waals surface area contributed by atoms with Crippen LogP contribution in [0.4, 0.5) is 52.7 Å². The largest absolute Gasteiger partial charge is 0.460 e. The van der Waals surface area contributed by atoms with Crippen molar-refractivity contribution in [1.29, 1.82) is 0 Å². The molecule has 0 heterocycles. The second-order valence-electron chi connectivity index (χ2n) is 6.31. The second-order valence-corrected chi connectivity index (χ2v) is 7.89. The summed E-state index contributed by atoms with van der Waals surface area (Å²) in [6.45, 7) is 0. The van der Waals surface area contributed by atoms with Crippen molar-refractivity contribution in [2.75, 3.05) is 0 Å². The monoisotopic (exact) mass is 520 g/mol. The van der Waals surface area contributed by atoms with E-state index in [4.69, 9.17) is 0 Å². The van der Waals surface area contributed by atoms with Gasteiger partial charge in [-0.2, -0.15) is 61.1 Å². The quantitative estimate of drug-likeness (QED) is 0.323. The van der Waals surface area contributed by atoms with Crippen LogP contribution in [0.25, 0.3) is 11.1 Å². The molecule has 0 amide bonds. The zero-order valence-electron chi connectivity index (χ0n) is 15.3. The van der Waals surface area contributed by atoms with E-state index < -0.39 is 50.9 Å². The zero-order valence-corrected chi connectivity index (χ0v) is 16.1. The summed E-state index contributed by atoms with van der Waals surface area (Å²) >= 11 is 0. The molecular weight excluding hydrogens is 512 g/mol. The molecule has 0 radical (unpaired) electrons. The summed E-state index contributed by atoms with van der Waals surface area (Å²) < 4.78 is 182. The van der Waals surface area contributed by atoms with Crippen molar-refractivity contribution < 1.29 is 65.3 Å². The van der Waals surface area contributed by atoms with E-state index >= 15 is 0 Å². The lowest BCUT2D eigenvalue weighted by molar-refractivity contribution is -0.382. The van der Waals surface area contributed by atoms with Gasteiger partial charge in [0.25, 0.3) is 0 Å². The van der Waals surface area contributed by atoms with Gasteiger partial charge in [-0.25, -0.2) is 0 Å². The van der Waals surface area contributed by atoms with Crippen molar-refractivity contribution in [2.45, 2.75) is 29.5 Å². The third-order valence-corrected chi connectivity index (χ3v) is 5.29. The van der Waals surface area contributed by atoms with E-state index in [0.29, 0.717) is 24.3 Å². The summed E-state index contributed by atoms with van der Waals surface area (Å²) in [4.78, 5) is 0. The Morgan fingerprint density at radius 2 is 1.12 bits per heavy atom. The fourth-order valence-corrected chi connectivity index (χ4v) is 3.20. The van der Waals surface area contributed by atoms with Gasteiger partial charge in [-0.05, 0) is 35.4 Å². The average molecular weight is 520 g/mol. The number of alkyl halides is 12. The molecule has 0 aromatic heterocycles. The molecule has 0 saturated carbocycles. The lowest BCUT2D eigenvalue weighted by Gasteiger charge is -2.32. The van der Waals surface area contributed by atoms with Crippen LogP contribution in [0.1, 0.15) is 5.56 Å². The van der Waals surface area contributed by atoms with Gasteiger partial charge in [0.2, 0.25) is 0 Å². The highest BCUT2D eigenvalue weighted by molar-refractivity contribution is 7.88. The van der Waals surface area contributed by atoms with Gasteiger partial charge in [-0.3, -0.25) is 0 Å². The fourth-order valence-electron chi connectivity index (χ4n) is 2.30. The molecule has 0 aliphatic heterocycles. The number of benzene rings is 2. The number of hydrogen-bond donors (Lipinski definition) is 0. The molecule has 16 heteroatoms. The molecule has 0 aliphatic rings. The minimum Gasteiger partial charge on any atom is -0.378 e.